The molecule has 21 heavy (non-hydrogen) atoms. The molecule has 3 aromatic heterocycles. The Morgan fingerprint density at radius 3 is 3.14 bits per heavy atom. The van der Waals surface area contributed by atoms with Gasteiger partial charge in [-0.2, -0.15) is 0 Å². The molecule has 0 saturated carbocycles. The van der Waals surface area contributed by atoms with E-state index in [0.717, 1.165) is 28.5 Å². The van der Waals surface area contributed by atoms with Crippen molar-refractivity contribution in [3.05, 3.63) is 27.8 Å². The van der Waals surface area contributed by atoms with Crippen LogP contribution >= 0.6 is 23.1 Å². The molecule has 0 aromatic carbocycles. The number of nitrogens with two attached hydrogens (primary N) is 1. The van der Waals surface area contributed by atoms with E-state index in [9.17, 15) is 4.79 Å². The lowest BCUT2D eigenvalue weighted by Gasteiger charge is -2.04. The van der Waals surface area contributed by atoms with Crippen LogP contribution in [-0.4, -0.2) is 30.7 Å². The highest BCUT2D eigenvalue weighted by atomic mass is 32.2. The number of thiazole rings is 1. The third kappa shape index (κ3) is 2.63. The number of imidazole rings is 1. The molecule has 0 unspecified atom stereocenters. The second-order valence-electron chi connectivity index (χ2n) is 4.52. The first-order chi connectivity index (χ1) is 10.2. The van der Waals surface area contributed by atoms with Gasteiger partial charge in [-0.1, -0.05) is 6.92 Å². The van der Waals surface area contributed by atoms with Crippen molar-refractivity contribution in [3.8, 4) is 0 Å². The summed E-state index contributed by atoms with van der Waals surface area (Å²) in [6, 6.07) is 0. The summed E-state index contributed by atoms with van der Waals surface area (Å²) in [7, 11) is 0. The first-order valence-electron chi connectivity index (χ1n) is 6.72. The Morgan fingerprint density at radius 2 is 2.38 bits per heavy atom. The normalized spacial score (nSPS) is 11.5. The average molecular weight is 324 g/mol. The lowest BCUT2D eigenvalue weighted by molar-refractivity contribution is 0.603. The molecule has 0 fully saturated rings. The number of nitrogens with one attached hydrogen (secondary N) is 1. The summed E-state index contributed by atoms with van der Waals surface area (Å²) in [6.07, 6.45) is 3.61. The molecule has 0 aliphatic carbocycles. The van der Waals surface area contributed by atoms with Crippen LogP contribution in [0.1, 0.15) is 19.0 Å². The summed E-state index contributed by atoms with van der Waals surface area (Å²) in [5.74, 6) is 0. The van der Waals surface area contributed by atoms with E-state index >= 15 is 0 Å². The number of fused-ring (bicyclic) bond motifs is 1. The van der Waals surface area contributed by atoms with Crippen LogP contribution in [0, 0.1) is 0 Å². The van der Waals surface area contributed by atoms with Crippen LogP contribution < -0.4 is 11.4 Å². The molecule has 0 atom stereocenters. The van der Waals surface area contributed by atoms with Gasteiger partial charge in [0.05, 0.1) is 5.69 Å². The molecule has 0 aliphatic rings. The predicted octanol–water partition coefficient (Wildman–Crippen LogP) is 1.34. The quantitative estimate of drug-likeness (QED) is 0.713. The van der Waals surface area contributed by atoms with Gasteiger partial charge in [0.1, 0.15) is 5.03 Å². The topological polar surface area (TPSA) is 94.0 Å². The number of H-pyrrole nitrogens is 1. The zero-order valence-electron chi connectivity index (χ0n) is 11.6. The Morgan fingerprint density at radius 1 is 1.52 bits per heavy atom. The first-order valence-corrected chi connectivity index (χ1v) is 8.41. The van der Waals surface area contributed by atoms with Gasteiger partial charge in [0.25, 0.3) is 0 Å². The summed E-state index contributed by atoms with van der Waals surface area (Å²) in [6.45, 7) is 3.23. The van der Waals surface area contributed by atoms with Crippen LogP contribution in [0.2, 0.25) is 0 Å². The molecule has 9 heteroatoms. The number of rotatable bonds is 6. The van der Waals surface area contributed by atoms with Crippen molar-refractivity contribution in [2.45, 2.75) is 36.5 Å². The van der Waals surface area contributed by atoms with Crippen LogP contribution in [0.4, 0.5) is 0 Å². The minimum atomic E-state index is -0.180. The summed E-state index contributed by atoms with van der Waals surface area (Å²) >= 11 is 2.99. The third-order valence-electron chi connectivity index (χ3n) is 3.06. The van der Waals surface area contributed by atoms with Crippen molar-refractivity contribution in [1.29, 1.82) is 0 Å². The minimum Gasteiger partial charge on any atom is -0.330 e. The maximum Gasteiger partial charge on any atom is 0.343 e. The third-order valence-corrected chi connectivity index (χ3v) is 4.83. The summed E-state index contributed by atoms with van der Waals surface area (Å²) in [5.41, 5.74) is 6.59. The fourth-order valence-electron chi connectivity index (χ4n) is 2.15. The molecule has 3 N–H and O–H groups in total. The molecule has 3 rings (SSSR count). The smallest absolute Gasteiger partial charge is 0.330 e. The summed E-state index contributed by atoms with van der Waals surface area (Å²) in [5, 5.41) is 10.1. The van der Waals surface area contributed by atoms with E-state index in [-0.39, 0.29) is 5.69 Å². The minimum absolute atomic E-state index is 0.180. The monoisotopic (exact) mass is 324 g/mol. The van der Waals surface area contributed by atoms with Crippen LogP contribution in [0.15, 0.2) is 26.6 Å². The highest BCUT2D eigenvalue weighted by molar-refractivity contribution is 7.99. The standard InChI is InChI=1S/C12H16N6OS2/c1-2-5-18-10(19)15-16-12(18)21-9-8(3-4-13)17-6-7-20-11(17)14-9/h6-7H,2-5,13H2,1H3,(H,15,19). The lowest BCUT2D eigenvalue weighted by atomic mass is 10.3. The molecular formula is C12H16N6OS2. The molecule has 0 bridgehead atoms. The van der Waals surface area contributed by atoms with Crippen LogP contribution in [0.25, 0.3) is 4.96 Å². The number of hydrogen-bond donors (Lipinski definition) is 2. The van der Waals surface area contributed by atoms with Crippen molar-refractivity contribution in [2.75, 3.05) is 6.54 Å². The number of nitrogens with zero attached hydrogens (tertiary/aromatic N) is 4. The van der Waals surface area contributed by atoms with Gasteiger partial charge in [-0.05, 0) is 24.7 Å². The van der Waals surface area contributed by atoms with Crippen molar-refractivity contribution in [2.24, 2.45) is 5.73 Å². The highest BCUT2D eigenvalue weighted by Gasteiger charge is 2.17. The maximum atomic E-state index is 11.7. The Balaban J connectivity index is 1.99. The molecular weight excluding hydrogens is 308 g/mol. The van der Waals surface area contributed by atoms with Gasteiger partial charge < -0.3 is 5.73 Å². The molecule has 3 heterocycles. The average Bonchev–Trinajstić information content (AvgIpc) is 3.12. The van der Waals surface area contributed by atoms with E-state index in [1.54, 1.807) is 15.9 Å². The highest BCUT2D eigenvalue weighted by Crippen LogP contribution is 2.30. The predicted molar refractivity (Wildman–Crippen MR) is 83.1 cm³/mol. The number of aromatic nitrogens is 5. The summed E-state index contributed by atoms with van der Waals surface area (Å²) < 4.78 is 3.69. The SMILES string of the molecule is CCCn1c(Sc2nc3sccn3c2CCN)n[nH]c1=O. The van der Waals surface area contributed by atoms with E-state index in [2.05, 4.69) is 19.6 Å². The lowest BCUT2D eigenvalue weighted by Crippen LogP contribution is -2.17. The second kappa shape index (κ2) is 6.04. The molecule has 112 valence electrons. The van der Waals surface area contributed by atoms with Crippen LogP contribution in [0.3, 0.4) is 0 Å². The first kappa shape index (κ1) is 14.4. The second-order valence-corrected chi connectivity index (χ2v) is 6.35. The molecule has 0 saturated heterocycles. The van der Waals surface area contributed by atoms with Crippen molar-refractivity contribution < 1.29 is 0 Å². The zero-order chi connectivity index (χ0) is 14.8. The fraction of sp³-hybridized carbons (Fsp3) is 0.417. The van der Waals surface area contributed by atoms with E-state index in [0.29, 0.717) is 18.2 Å². The maximum absolute atomic E-state index is 11.7. The number of hydrogen-bond acceptors (Lipinski definition) is 6. The Hall–Kier alpha value is -1.58. The van der Waals surface area contributed by atoms with Gasteiger partial charge in [-0.15, -0.1) is 16.4 Å². The molecule has 0 spiro atoms. The molecule has 0 radical (unpaired) electrons. The Labute approximate surface area is 129 Å². The molecule has 3 aromatic rings. The van der Waals surface area contributed by atoms with Crippen LogP contribution in [0.5, 0.6) is 0 Å². The van der Waals surface area contributed by atoms with Crippen molar-refractivity contribution >= 4 is 28.1 Å². The fourth-order valence-corrected chi connectivity index (χ4v) is 3.94. The molecule has 0 aliphatic heterocycles. The Bertz CT molecular complexity index is 798. The van der Waals surface area contributed by atoms with E-state index in [4.69, 9.17) is 5.73 Å². The van der Waals surface area contributed by atoms with Crippen LogP contribution in [-0.2, 0) is 13.0 Å². The largest absolute Gasteiger partial charge is 0.343 e. The zero-order valence-corrected chi connectivity index (χ0v) is 13.2. The van der Waals surface area contributed by atoms with Gasteiger partial charge >= 0.3 is 5.69 Å². The van der Waals surface area contributed by atoms with Crippen molar-refractivity contribution in [1.82, 2.24) is 24.1 Å². The van der Waals surface area contributed by atoms with Gasteiger partial charge in [-0.3, -0.25) is 8.97 Å². The number of aromatic amines is 1. The van der Waals surface area contributed by atoms with Gasteiger partial charge in [0.15, 0.2) is 10.1 Å². The van der Waals surface area contributed by atoms with Gasteiger partial charge in [0, 0.05) is 24.5 Å². The van der Waals surface area contributed by atoms with Gasteiger partial charge in [0.2, 0.25) is 0 Å². The Kier molecular flexibility index (Phi) is 4.13. The van der Waals surface area contributed by atoms with E-state index in [1.807, 2.05) is 18.5 Å². The molecule has 7 nitrogen and oxygen atoms in total. The van der Waals surface area contributed by atoms with E-state index < -0.39 is 0 Å². The van der Waals surface area contributed by atoms with Crippen molar-refractivity contribution in [3.63, 3.8) is 0 Å². The van der Waals surface area contributed by atoms with Gasteiger partial charge in [-0.25, -0.2) is 14.9 Å². The summed E-state index contributed by atoms with van der Waals surface area (Å²) in [4.78, 5) is 17.3. The molecule has 0 amide bonds. The van der Waals surface area contributed by atoms with E-state index in [1.165, 1.54) is 11.8 Å².